The van der Waals surface area contributed by atoms with Crippen LogP contribution in [0.5, 0.6) is 0 Å². The maximum atomic E-state index is 5.06. The molecule has 2 heteroatoms. The molecule has 85 valence electrons. The molecule has 0 aromatic carbocycles. The molecule has 0 aliphatic carbocycles. The van der Waals surface area contributed by atoms with Gasteiger partial charge in [0.15, 0.2) is 0 Å². The van der Waals surface area contributed by atoms with Crippen molar-refractivity contribution in [2.45, 2.75) is 59.3 Å². The Morgan fingerprint density at radius 3 is 2.36 bits per heavy atom. The summed E-state index contributed by atoms with van der Waals surface area (Å²) in [7, 11) is 0. The highest BCUT2D eigenvalue weighted by atomic mass is 17.2. The van der Waals surface area contributed by atoms with Crippen LogP contribution in [-0.4, -0.2) is 6.61 Å². The van der Waals surface area contributed by atoms with E-state index < -0.39 is 0 Å². The first kappa shape index (κ1) is 13.9. The van der Waals surface area contributed by atoms with Gasteiger partial charge in [0, 0.05) is 0 Å². The van der Waals surface area contributed by atoms with Crippen LogP contribution in [0.15, 0.2) is 0 Å². The Labute approximate surface area is 88.9 Å². The Kier molecular flexibility index (Phi) is 10.9. The Morgan fingerprint density at radius 1 is 1.07 bits per heavy atom. The van der Waals surface area contributed by atoms with Crippen molar-refractivity contribution in [3.63, 3.8) is 0 Å². The predicted octanol–water partition coefficient (Wildman–Crippen LogP) is 4.11. The Morgan fingerprint density at radius 2 is 1.79 bits per heavy atom. The van der Waals surface area contributed by atoms with E-state index in [9.17, 15) is 0 Å². The largest absolute Gasteiger partial charge is 0.236 e. The lowest BCUT2D eigenvalue weighted by Crippen LogP contribution is -2.04. The topological polar surface area (TPSA) is 18.5 Å². The fourth-order valence-electron chi connectivity index (χ4n) is 1.20. The highest BCUT2D eigenvalue weighted by Gasteiger charge is 2.06. The molecule has 0 rings (SSSR count). The van der Waals surface area contributed by atoms with Gasteiger partial charge in [0.05, 0.1) is 6.61 Å². The van der Waals surface area contributed by atoms with Crippen molar-refractivity contribution in [2.75, 3.05) is 6.61 Å². The standard InChI is InChI=1S/C12H25O2/c1-4-7-9-12(6-3)11-14-13-10-8-5-2/h11-12H,4-10H2,1-3H3. The molecule has 0 fully saturated rings. The van der Waals surface area contributed by atoms with Crippen LogP contribution >= 0.6 is 0 Å². The Hall–Kier alpha value is -0.0800. The maximum absolute atomic E-state index is 5.06. The van der Waals surface area contributed by atoms with Gasteiger partial charge in [-0.05, 0) is 18.8 Å². The summed E-state index contributed by atoms with van der Waals surface area (Å²) in [4.78, 5) is 10.1. The molecule has 14 heavy (non-hydrogen) atoms. The van der Waals surface area contributed by atoms with E-state index in [2.05, 4.69) is 20.8 Å². The van der Waals surface area contributed by atoms with Gasteiger partial charge in [-0.3, -0.25) is 0 Å². The molecule has 0 aromatic rings. The van der Waals surface area contributed by atoms with Crippen molar-refractivity contribution in [3.8, 4) is 0 Å². The molecule has 0 amide bonds. The van der Waals surface area contributed by atoms with Gasteiger partial charge in [-0.1, -0.05) is 46.5 Å². The molecule has 0 saturated heterocycles. The average Bonchev–Trinajstić information content (AvgIpc) is 2.22. The lowest BCUT2D eigenvalue weighted by molar-refractivity contribution is -0.274. The zero-order chi connectivity index (χ0) is 10.6. The third-order valence-corrected chi connectivity index (χ3v) is 2.35. The van der Waals surface area contributed by atoms with Crippen molar-refractivity contribution < 1.29 is 9.78 Å². The van der Waals surface area contributed by atoms with Gasteiger partial charge in [0.25, 0.3) is 0 Å². The minimum Gasteiger partial charge on any atom is -0.236 e. The number of hydrogen-bond acceptors (Lipinski definition) is 2. The number of hydrogen-bond donors (Lipinski definition) is 0. The average molecular weight is 201 g/mol. The second-order valence-corrected chi connectivity index (χ2v) is 3.72. The summed E-state index contributed by atoms with van der Waals surface area (Å²) in [5.41, 5.74) is 0. The number of unbranched alkanes of at least 4 members (excludes halogenated alkanes) is 2. The van der Waals surface area contributed by atoms with Crippen molar-refractivity contribution >= 4 is 0 Å². The van der Waals surface area contributed by atoms with Crippen LogP contribution < -0.4 is 0 Å². The van der Waals surface area contributed by atoms with Gasteiger partial charge < -0.3 is 0 Å². The molecule has 0 aromatic heterocycles. The molecular weight excluding hydrogens is 176 g/mol. The Bertz CT molecular complexity index is 104. The fourth-order valence-corrected chi connectivity index (χ4v) is 1.20. The summed E-state index contributed by atoms with van der Waals surface area (Å²) >= 11 is 0. The molecule has 0 aliphatic rings. The van der Waals surface area contributed by atoms with Gasteiger partial charge in [-0.15, -0.1) is 0 Å². The molecule has 1 atom stereocenters. The van der Waals surface area contributed by atoms with E-state index in [1.54, 1.807) is 0 Å². The normalized spacial score (nSPS) is 13.1. The van der Waals surface area contributed by atoms with E-state index in [1.807, 2.05) is 6.61 Å². The van der Waals surface area contributed by atoms with Crippen LogP contribution in [-0.2, 0) is 9.78 Å². The minimum atomic E-state index is 0.552. The summed E-state index contributed by atoms with van der Waals surface area (Å²) in [6.07, 6.45) is 7.09. The lowest BCUT2D eigenvalue weighted by Gasteiger charge is -2.12. The molecule has 0 spiro atoms. The first-order valence-corrected chi connectivity index (χ1v) is 5.96. The molecular formula is C12H25O2. The van der Waals surface area contributed by atoms with Gasteiger partial charge >= 0.3 is 0 Å². The fraction of sp³-hybridized carbons (Fsp3) is 0.917. The zero-order valence-electron chi connectivity index (χ0n) is 9.92. The predicted molar refractivity (Wildman–Crippen MR) is 59.6 cm³/mol. The second kappa shape index (κ2) is 11.0. The third kappa shape index (κ3) is 8.52. The van der Waals surface area contributed by atoms with Crippen LogP contribution in [0, 0.1) is 12.5 Å². The molecule has 0 bridgehead atoms. The molecule has 0 aliphatic heterocycles. The SMILES string of the molecule is CCCCOO[CH]C(CC)CCCC. The van der Waals surface area contributed by atoms with Crippen LogP contribution in [0.2, 0.25) is 0 Å². The van der Waals surface area contributed by atoms with E-state index in [0.717, 1.165) is 19.3 Å². The molecule has 0 N–H and O–H groups in total. The van der Waals surface area contributed by atoms with Crippen LogP contribution in [0.25, 0.3) is 0 Å². The highest BCUT2D eigenvalue weighted by molar-refractivity contribution is 4.64. The van der Waals surface area contributed by atoms with E-state index >= 15 is 0 Å². The number of rotatable bonds is 10. The molecule has 1 unspecified atom stereocenters. The second-order valence-electron chi connectivity index (χ2n) is 3.72. The summed E-state index contributed by atoms with van der Waals surface area (Å²) < 4.78 is 0. The minimum absolute atomic E-state index is 0.552. The third-order valence-electron chi connectivity index (χ3n) is 2.35. The van der Waals surface area contributed by atoms with Crippen LogP contribution in [0.4, 0.5) is 0 Å². The Balaban J connectivity index is 3.24. The first-order chi connectivity index (χ1) is 6.85. The van der Waals surface area contributed by atoms with Gasteiger partial charge in [0.2, 0.25) is 0 Å². The zero-order valence-corrected chi connectivity index (χ0v) is 9.92. The van der Waals surface area contributed by atoms with Gasteiger partial charge in [-0.2, -0.15) is 0 Å². The maximum Gasteiger partial charge on any atom is 0.125 e. The lowest BCUT2D eigenvalue weighted by atomic mass is 10.0. The smallest absolute Gasteiger partial charge is 0.125 e. The summed E-state index contributed by atoms with van der Waals surface area (Å²) in [6, 6.07) is 0. The molecule has 0 saturated carbocycles. The van der Waals surface area contributed by atoms with Gasteiger partial charge in [0.1, 0.15) is 6.61 Å². The molecule has 2 nitrogen and oxygen atoms in total. The van der Waals surface area contributed by atoms with E-state index in [-0.39, 0.29) is 0 Å². The monoisotopic (exact) mass is 201 g/mol. The van der Waals surface area contributed by atoms with Gasteiger partial charge in [-0.25, -0.2) is 9.78 Å². The van der Waals surface area contributed by atoms with Crippen molar-refractivity contribution in [1.82, 2.24) is 0 Å². The van der Waals surface area contributed by atoms with Crippen molar-refractivity contribution in [3.05, 3.63) is 6.61 Å². The van der Waals surface area contributed by atoms with E-state index in [0.29, 0.717) is 12.5 Å². The van der Waals surface area contributed by atoms with Crippen molar-refractivity contribution in [2.24, 2.45) is 5.92 Å². The van der Waals surface area contributed by atoms with Crippen LogP contribution in [0.1, 0.15) is 59.3 Å². The molecule has 0 heterocycles. The summed E-state index contributed by atoms with van der Waals surface area (Å²) in [6.45, 7) is 9.10. The summed E-state index contributed by atoms with van der Waals surface area (Å²) in [5.74, 6) is 0.552. The van der Waals surface area contributed by atoms with E-state index in [1.165, 1.54) is 19.3 Å². The van der Waals surface area contributed by atoms with Crippen LogP contribution in [0.3, 0.4) is 0 Å². The summed E-state index contributed by atoms with van der Waals surface area (Å²) in [5, 5.41) is 0. The highest BCUT2D eigenvalue weighted by Crippen LogP contribution is 2.16. The van der Waals surface area contributed by atoms with Crippen molar-refractivity contribution in [1.29, 1.82) is 0 Å². The molecule has 1 radical (unpaired) electrons. The quantitative estimate of drug-likeness (QED) is 0.301. The first-order valence-electron chi connectivity index (χ1n) is 5.96. The van der Waals surface area contributed by atoms with E-state index in [4.69, 9.17) is 9.78 Å².